The molecule has 2 heterocycles. The summed E-state index contributed by atoms with van der Waals surface area (Å²) in [5.74, 6) is -1.72. The normalized spacial score (nSPS) is 18.1. The Morgan fingerprint density at radius 3 is 2.08 bits per heavy atom. The molecule has 0 bridgehead atoms. The molecule has 1 aliphatic rings. The fraction of sp³-hybridized carbons (Fsp3) is 0.406. The monoisotopic (exact) mass is 712 g/mol. The zero-order chi connectivity index (χ0) is 35.5. The van der Waals surface area contributed by atoms with E-state index in [9.17, 15) is 44.0 Å². The van der Waals surface area contributed by atoms with Gasteiger partial charge in [-0.05, 0) is 67.6 Å². The number of aromatic nitrogens is 1. The minimum atomic E-state index is -4.92. The van der Waals surface area contributed by atoms with E-state index in [0.29, 0.717) is 11.1 Å². The minimum Gasteiger partial charge on any atom is -0.345 e. The first-order valence-electron chi connectivity index (χ1n) is 14.9. The van der Waals surface area contributed by atoms with Crippen molar-refractivity contribution in [1.82, 2.24) is 19.9 Å². The molecule has 1 aliphatic heterocycles. The number of nitrogens with one attached hydrogen (secondary N) is 2. The van der Waals surface area contributed by atoms with Gasteiger partial charge in [0.05, 0.1) is 23.5 Å². The highest BCUT2D eigenvalue weighted by Gasteiger charge is 2.44. The SMILES string of the molecule is CC(C)(F)C[C@H](N[C@@H](c1ccc(-c2ccc(S(C)(=O)=O)cc2)cc1)C(F)(F)F)C(=O)NC1CCCN(S(=O)(=O)c2ccccn2)CC1=O. The largest absolute Gasteiger partial charge is 0.407 e. The number of amides is 1. The van der Waals surface area contributed by atoms with Crippen LogP contribution in [0.1, 0.15) is 44.7 Å². The van der Waals surface area contributed by atoms with Gasteiger partial charge in [0, 0.05) is 25.4 Å². The first-order valence-corrected chi connectivity index (χ1v) is 18.3. The van der Waals surface area contributed by atoms with Crippen LogP contribution >= 0.6 is 0 Å². The summed E-state index contributed by atoms with van der Waals surface area (Å²) in [5.41, 5.74) is -1.30. The maximum atomic E-state index is 14.9. The standard InChI is InChI=1S/C32H36F4N4O6S2/c1-31(2,33)19-26(30(42)39-25-7-6-18-40(20-27(25)41)48(45,46)28-8-4-5-17-37-28)38-29(32(34,35)36)23-11-9-21(10-12-23)22-13-15-24(16-14-22)47(3,43)44/h4-5,8-17,25-26,29,38H,6-7,18-20H2,1-3H3,(H,39,42)/t25?,26-,29-/m0/s1. The number of carbonyl (C=O) groups is 2. The molecule has 0 saturated carbocycles. The first-order chi connectivity index (χ1) is 22.3. The summed E-state index contributed by atoms with van der Waals surface area (Å²) in [6, 6.07) is 9.98. The number of Topliss-reactive ketones (excluding diaryl/α,β-unsaturated/α-hetero) is 1. The fourth-order valence-electron chi connectivity index (χ4n) is 5.31. The van der Waals surface area contributed by atoms with Crippen LogP contribution in [0, 0.1) is 0 Å². The molecule has 1 fully saturated rings. The van der Waals surface area contributed by atoms with Crippen LogP contribution in [0.3, 0.4) is 0 Å². The third-order valence-corrected chi connectivity index (χ3v) is 10.6. The Hall–Kier alpha value is -3.73. The number of benzene rings is 2. The zero-order valence-electron chi connectivity index (χ0n) is 26.4. The molecule has 1 unspecified atom stereocenters. The Labute approximate surface area is 276 Å². The highest BCUT2D eigenvalue weighted by molar-refractivity contribution is 7.90. The number of sulfonamides is 1. The zero-order valence-corrected chi connectivity index (χ0v) is 28.0. The number of ketones is 1. The van der Waals surface area contributed by atoms with E-state index in [1.807, 2.05) is 0 Å². The lowest BCUT2D eigenvalue weighted by molar-refractivity contribution is -0.161. The van der Waals surface area contributed by atoms with Crippen LogP contribution in [0.2, 0.25) is 0 Å². The van der Waals surface area contributed by atoms with Gasteiger partial charge in [-0.2, -0.15) is 17.5 Å². The minimum absolute atomic E-state index is 0.0138. The van der Waals surface area contributed by atoms with Gasteiger partial charge in [-0.25, -0.2) is 26.2 Å². The maximum Gasteiger partial charge on any atom is 0.407 e. The van der Waals surface area contributed by atoms with E-state index in [1.165, 1.54) is 72.9 Å². The van der Waals surface area contributed by atoms with E-state index in [4.69, 9.17) is 0 Å². The molecular weight excluding hydrogens is 676 g/mol. The molecule has 2 aromatic carbocycles. The van der Waals surface area contributed by atoms with Gasteiger partial charge in [-0.3, -0.25) is 14.9 Å². The predicted molar refractivity (Wildman–Crippen MR) is 170 cm³/mol. The van der Waals surface area contributed by atoms with Crippen LogP contribution in [0.25, 0.3) is 11.1 Å². The lowest BCUT2D eigenvalue weighted by Gasteiger charge is -2.31. The molecule has 0 radical (unpaired) electrons. The molecule has 10 nitrogen and oxygen atoms in total. The third kappa shape index (κ3) is 9.45. The van der Waals surface area contributed by atoms with E-state index >= 15 is 0 Å². The van der Waals surface area contributed by atoms with Gasteiger partial charge in [-0.15, -0.1) is 0 Å². The Morgan fingerprint density at radius 2 is 1.56 bits per heavy atom. The quantitative estimate of drug-likeness (QED) is 0.279. The van der Waals surface area contributed by atoms with Crippen LogP contribution in [0.4, 0.5) is 17.6 Å². The number of halogens is 4. The van der Waals surface area contributed by atoms with Crippen molar-refractivity contribution in [2.45, 2.75) is 73.0 Å². The first kappa shape index (κ1) is 37.1. The number of hydrogen-bond acceptors (Lipinski definition) is 8. The molecule has 48 heavy (non-hydrogen) atoms. The van der Waals surface area contributed by atoms with Crippen molar-refractivity contribution in [3.05, 3.63) is 78.5 Å². The number of nitrogens with zero attached hydrogens (tertiary/aromatic N) is 2. The number of hydrogen-bond donors (Lipinski definition) is 2. The van der Waals surface area contributed by atoms with Crippen LogP contribution in [0.15, 0.2) is 82.8 Å². The van der Waals surface area contributed by atoms with Crippen LogP contribution < -0.4 is 10.6 Å². The molecule has 4 rings (SSSR count). The summed E-state index contributed by atoms with van der Waals surface area (Å²) in [7, 11) is -7.57. The molecule has 16 heteroatoms. The second-order valence-corrected chi connectivity index (χ2v) is 16.1. The lowest BCUT2D eigenvalue weighted by Crippen LogP contribution is -2.54. The Balaban J connectivity index is 1.53. The summed E-state index contributed by atoms with van der Waals surface area (Å²) >= 11 is 0. The molecule has 0 spiro atoms. The lowest BCUT2D eigenvalue weighted by atomic mass is 9.96. The van der Waals surface area contributed by atoms with Gasteiger partial charge in [-0.1, -0.05) is 42.5 Å². The Kier molecular flexibility index (Phi) is 11.1. The Bertz CT molecular complexity index is 1820. The van der Waals surface area contributed by atoms with Gasteiger partial charge in [0.1, 0.15) is 11.7 Å². The molecule has 0 aliphatic carbocycles. The van der Waals surface area contributed by atoms with Crippen molar-refractivity contribution < 1.29 is 44.0 Å². The molecule has 3 atom stereocenters. The topological polar surface area (TPSA) is 143 Å². The van der Waals surface area contributed by atoms with Gasteiger partial charge in [0.25, 0.3) is 10.0 Å². The second kappa shape index (κ2) is 14.4. The van der Waals surface area contributed by atoms with Crippen molar-refractivity contribution in [2.75, 3.05) is 19.3 Å². The smallest absolute Gasteiger partial charge is 0.345 e. The van der Waals surface area contributed by atoms with Gasteiger partial charge >= 0.3 is 6.18 Å². The second-order valence-electron chi connectivity index (χ2n) is 12.2. The summed E-state index contributed by atoms with van der Waals surface area (Å²) < 4.78 is 109. The summed E-state index contributed by atoms with van der Waals surface area (Å²) in [6.07, 6.45) is -3.08. The fourth-order valence-corrected chi connectivity index (χ4v) is 7.32. The average Bonchev–Trinajstić information content (AvgIpc) is 3.19. The van der Waals surface area contributed by atoms with E-state index in [-0.39, 0.29) is 34.9 Å². The van der Waals surface area contributed by atoms with Gasteiger partial charge in [0.2, 0.25) is 5.91 Å². The maximum absolute atomic E-state index is 14.9. The molecule has 260 valence electrons. The van der Waals surface area contributed by atoms with E-state index in [0.717, 1.165) is 24.4 Å². The van der Waals surface area contributed by atoms with Crippen molar-refractivity contribution in [2.24, 2.45) is 0 Å². The van der Waals surface area contributed by atoms with E-state index in [2.05, 4.69) is 15.6 Å². The summed E-state index contributed by atoms with van der Waals surface area (Å²) in [5, 5.41) is 4.43. The van der Waals surface area contributed by atoms with Crippen LogP contribution in [0.5, 0.6) is 0 Å². The van der Waals surface area contributed by atoms with Gasteiger partial charge in [0.15, 0.2) is 20.6 Å². The van der Waals surface area contributed by atoms with Crippen molar-refractivity contribution in [3.8, 4) is 11.1 Å². The molecule has 1 amide bonds. The molecule has 1 aromatic heterocycles. The molecular formula is C32H36F4N4O6S2. The third-order valence-electron chi connectivity index (χ3n) is 7.74. The van der Waals surface area contributed by atoms with Crippen molar-refractivity contribution in [1.29, 1.82) is 0 Å². The number of pyridine rings is 1. The summed E-state index contributed by atoms with van der Waals surface area (Å²) in [6.45, 7) is 1.58. The van der Waals surface area contributed by atoms with Gasteiger partial charge < -0.3 is 5.32 Å². The Morgan fingerprint density at radius 1 is 0.958 bits per heavy atom. The van der Waals surface area contributed by atoms with E-state index in [1.54, 1.807) is 0 Å². The molecule has 2 N–H and O–H groups in total. The number of sulfone groups is 1. The summed E-state index contributed by atoms with van der Waals surface area (Å²) in [4.78, 5) is 30.5. The molecule has 3 aromatic rings. The number of alkyl halides is 4. The van der Waals surface area contributed by atoms with Crippen LogP contribution in [-0.4, -0.2) is 81.1 Å². The van der Waals surface area contributed by atoms with Crippen molar-refractivity contribution in [3.63, 3.8) is 0 Å². The van der Waals surface area contributed by atoms with Crippen LogP contribution in [-0.2, 0) is 29.4 Å². The highest BCUT2D eigenvalue weighted by atomic mass is 32.2. The highest BCUT2D eigenvalue weighted by Crippen LogP contribution is 2.35. The number of carbonyl (C=O) groups excluding carboxylic acids is 2. The predicted octanol–water partition coefficient (Wildman–Crippen LogP) is 4.39. The number of rotatable bonds is 11. The average molecular weight is 713 g/mol. The molecule has 1 saturated heterocycles. The van der Waals surface area contributed by atoms with Crippen molar-refractivity contribution >= 4 is 31.6 Å². The van der Waals surface area contributed by atoms with E-state index < -0.39 is 74.5 Å².